The Kier molecular flexibility index (Phi) is 5.03. The first-order valence-corrected chi connectivity index (χ1v) is 12.2. The Morgan fingerprint density at radius 3 is 2.66 bits per heavy atom. The van der Waals surface area contributed by atoms with Crippen molar-refractivity contribution in [3.8, 4) is 0 Å². The molecule has 6 rings (SSSR count). The normalized spacial score (nSPS) is 29.3. The van der Waals surface area contributed by atoms with Gasteiger partial charge >= 0.3 is 0 Å². The van der Waals surface area contributed by atoms with Crippen LogP contribution in [-0.4, -0.2) is 72.7 Å². The van der Waals surface area contributed by atoms with Gasteiger partial charge in [0.05, 0.1) is 12.1 Å². The van der Waals surface area contributed by atoms with E-state index in [1.807, 2.05) is 18.5 Å². The molecule has 6 nitrogen and oxygen atoms in total. The number of amides is 1. The number of carbonyl (C=O) groups is 1. The molecule has 1 aromatic heterocycles. The highest BCUT2D eigenvalue weighted by atomic mass is 16.2. The first-order valence-electron chi connectivity index (χ1n) is 12.2. The second-order valence-corrected chi connectivity index (χ2v) is 10.6. The van der Waals surface area contributed by atoms with E-state index in [9.17, 15) is 4.79 Å². The van der Waals surface area contributed by atoms with Gasteiger partial charge in [-0.25, -0.2) is 0 Å². The molecule has 3 fully saturated rings. The van der Waals surface area contributed by atoms with Crippen LogP contribution in [0.4, 0.5) is 0 Å². The fourth-order valence-electron chi connectivity index (χ4n) is 6.10. The molecule has 2 aromatic rings. The number of hydrogen-bond donors (Lipinski definition) is 1. The number of aliphatic imine (C=N–C) groups is 1. The Labute approximate surface area is 190 Å². The smallest absolute Gasteiger partial charge is 0.236 e. The number of aromatic nitrogens is 1. The number of nitrogens with zero attached hydrogens (tertiary/aromatic N) is 4. The van der Waals surface area contributed by atoms with Gasteiger partial charge in [0.1, 0.15) is 6.04 Å². The summed E-state index contributed by atoms with van der Waals surface area (Å²) in [5.74, 6) is 1.16. The highest BCUT2D eigenvalue weighted by Crippen LogP contribution is 2.38. The molecule has 1 unspecified atom stereocenters. The van der Waals surface area contributed by atoms with Crippen LogP contribution in [0.25, 0.3) is 10.9 Å². The number of hydrogen-bond acceptors (Lipinski definition) is 5. The van der Waals surface area contributed by atoms with E-state index in [-0.39, 0.29) is 6.04 Å². The van der Waals surface area contributed by atoms with E-state index < -0.39 is 0 Å². The molecule has 168 valence electrons. The van der Waals surface area contributed by atoms with Gasteiger partial charge in [0.2, 0.25) is 5.91 Å². The summed E-state index contributed by atoms with van der Waals surface area (Å²) < 4.78 is 0. The molecule has 3 atom stereocenters. The van der Waals surface area contributed by atoms with Crippen molar-refractivity contribution in [2.24, 2.45) is 16.3 Å². The van der Waals surface area contributed by atoms with E-state index in [1.165, 1.54) is 29.4 Å². The molecule has 4 aliphatic heterocycles. The Hall–Kier alpha value is -2.31. The molecular weight excluding hydrogens is 398 g/mol. The third-order valence-corrected chi connectivity index (χ3v) is 8.18. The van der Waals surface area contributed by atoms with E-state index in [2.05, 4.69) is 45.2 Å². The Balaban J connectivity index is 1.17. The lowest BCUT2D eigenvalue weighted by molar-refractivity contribution is -0.135. The predicted octanol–water partition coefficient (Wildman–Crippen LogP) is 3.00. The van der Waals surface area contributed by atoms with Crippen molar-refractivity contribution in [2.45, 2.75) is 38.1 Å². The third-order valence-electron chi connectivity index (χ3n) is 8.18. The fourth-order valence-corrected chi connectivity index (χ4v) is 6.10. The fraction of sp³-hybridized carbons (Fsp3) is 0.577. The van der Waals surface area contributed by atoms with E-state index in [0.29, 0.717) is 29.7 Å². The molecular formula is C26H33N5O. The monoisotopic (exact) mass is 431 g/mol. The lowest BCUT2D eigenvalue weighted by atomic mass is 9.73. The van der Waals surface area contributed by atoms with Crippen LogP contribution in [0.3, 0.4) is 0 Å². The SMILES string of the molecule is C[C@@H]1C[C@H](c2ccc(C3C=N3)c3ncccc23)CN(C(=O)CN2CCC3(CC2)CNC3)C1. The van der Waals surface area contributed by atoms with Gasteiger partial charge < -0.3 is 10.2 Å². The summed E-state index contributed by atoms with van der Waals surface area (Å²) in [5, 5.41) is 4.65. The van der Waals surface area contributed by atoms with Gasteiger partial charge in [-0.15, -0.1) is 0 Å². The van der Waals surface area contributed by atoms with Crippen molar-refractivity contribution in [3.05, 3.63) is 41.6 Å². The van der Waals surface area contributed by atoms with E-state index in [4.69, 9.17) is 4.98 Å². The van der Waals surface area contributed by atoms with Crippen LogP contribution in [-0.2, 0) is 4.79 Å². The van der Waals surface area contributed by atoms with Crippen LogP contribution in [0.2, 0.25) is 0 Å². The second kappa shape index (κ2) is 7.92. The van der Waals surface area contributed by atoms with E-state index >= 15 is 0 Å². The van der Waals surface area contributed by atoms with Crippen LogP contribution in [0.15, 0.2) is 35.5 Å². The molecule has 3 saturated heterocycles. The summed E-state index contributed by atoms with van der Waals surface area (Å²) in [6.07, 6.45) is 7.42. The van der Waals surface area contributed by atoms with E-state index in [0.717, 1.165) is 51.2 Å². The summed E-state index contributed by atoms with van der Waals surface area (Å²) >= 11 is 0. The van der Waals surface area contributed by atoms with Crippen molar-refractivity contribution in [3.63, 3.8) is 0 Å². The first kappa shape index (κ1) is 20.3. The van der Waals surface area contributed by atoms with E-state index in [1.54, 1.807) is 0 Å². The lowest BCUT2D eigenvalue weighted by Gasteiger charge is -2.48. The van der Waals surface area contributed by atoms with Crippen LogP contribution in [0.1, 0.15) is 49.3 Å². The van der Waals surface area contributed by atoms with Crippen molar-refractivity contribution >= 4 is 23.0 Å². The van der Waals surface area contributed by atoms with Crippen molar-refractivity contribution in [1.82, 2.24) is 20.1 Å². The average molecular weight is 432 g/mol. The number of likely N-dealkylation sites (tertiary alicyclic amines) is 2. The van der Waals surface area contributed by atoms with Gasteiger partial charge in [0.15, 0.2) is 0 Å². The maximum Gasteiger partial charge on any atom is 0.236 e. The zero-order valence-corrected chi connectivity index (χ0v) is 19.0. The molecule has 0 saturated carbocycles. The van der Waals surface area contributed by atoms with Crippen molar-refractivity contribution in [1.29, 1.82) is 0 Å². The summed E-state index contributed by atoms with van der Waals surface area (Å²) in [5.41, 5.74) is 4.12. The number of rotatable bonds is 4. The number of pyridine rings is 1. The second-order valence-electron chi connectivity index (χ2n) is 10.6. The predicted molar refractivity (Wildman–Crippen MR) is 127 cm³/mol. The Bertz CT molecular complexity index is 1050. The first-order chi connectivity index (χ1) is 15.6. The quantitative estimate of drug-likeness (QED) is 0.809. The minimum Gasteiger partial charge on any atom is -0.341 e. The molecule has 1 spiro atoms. The number of piperidine rings is 2. The Morgan fingerprint density at radius 2 is 1.94 bits per heavy atom. The topological polar surface area (TPSA) is 60.8 Å². The van der Waals surface area contributed by atoms with Crippen LogP contribution < -0.4 is 5.32 Å². The maximum absolute atomic E-state index is 13.3. The number of benzene rings is 1. The number of carbonyl (C=O) groups excluding carboxylic acids is 1. The van der Waals surface area contributed by atoms with Crippen LogP contribution in [0, 0.1) is 11.3 Å². The van der Waals surface area contributed by atoms with Crippen LogP contribution in [0.5, 0.6) is 0 Å². The number of fused-ring (bicyclic) bond motifs is 1. The summed E-state index contributed by atoms with van der Waals surface area (Å²) in [4.78, 5) is 26.9. The largest absolute Gasteiger partial charge is 0.341 e. The summed E-state index contributed by atoms with van der Waals surface area (Å²) in [6.45, 7) is 8.98. The van der Waals surface area contributed by atoms with Gasteiger partial charge in [-0.3, -0.25) is 19.7 Å². The summed E-state index contributed by atoms with van der Waals surface area (Å²) in [6, 6.07) is 8.88. The van der Waals surface area contributed by atoms with Crippen LogP contribution >= 0.6 is 0 Å². The van der Waals surface area contributed by atoms with Gasteiger partial charge in [0, 0.05) is 55.5 Å². The maximum atomic E-state index is 13.3. The zero-order chi connectivity index (χ0) is 21.7. The minimum absolute atomic E-state index is 0.198. The van der Waals surface area contributed by atoms with Gasteiger partial charge in [-0.05, 0) is 55.3 Å². The standard InChI is InChI=1S/C26H33N5O/c1-18-11-19(20-4-5-22(23-12-29-23)25-21(20)3-2-8-28-25)14-31(13-18)24(32)15-30-9-6-26(7-10-30)16-27-17-26/h2-5,8,12,18-19,23,27H,6-7,9-11,13-17H2,1H3/t18-,19+,23?/m1/s1. The molecule has 0 radical (unpaired) electrons. The molecule has 1 aromatic carbocycles. The van der Waals surface area contributed by atoms with Gasteiger partial charge in [-0.1, -0.05) is 25.1 Å². The lowest BCUT2D eigenvalue weighted by Crippen LogP contribution is -2.59. The van der Waals surface area contributed by atoms with Gasteiger partial charge in [-0.2, -0.15) is 0 Å². The summed E-state index contributed by atoms with van der Waals surface area (Å²) in [7, 11) is 0. The molecule has 32 heavy (non-hydrogen) atoms. The van der Waals surface area contributed by atoms with Crippen molar-refractivity contribution in [2.75, 3.05) is 45.8 Å². The highest BCUT2D eigenvalue weighted by Gasteiger charge is 2.40. The molecule has 0 aliphatic carbocycles. The zero-order valence-electron chi connectivity index (χ0n) is 19.0. The number of nitrogens with one attached hydrogen (secondary N) is 1. The molecule has 6 heteroatoms. The third kappa shape index (κ3) is 3.73. The molecule has 4 aliphatic rings. The highest BCUT2D eigenvalue weighted by molar-refractivity contribution is 5.92. The Morgan fingerprint density at radius 1 is 1.16 bits per heavy atom. The molecule has 1 N–H and O–H groups in total. The van der Waals surface area contributed by atoms with Crippen molar-refractivity contribution < 1.29 is 4.79 Å². The average Bonchev–Trinajstić information content (AvgIpc) is 3.63. The molecule has 5 heterocycles. The molecule has 1 amide bonds. The molecule has 0 bridgehead atoms. The van der Waals surface area contributed by atoms with Gasteiger partial charge in [0.25, 0.3) is 0 Å². The minimum atomic E-state index is 0.198.